The fourth-order valence-corrected chi connectivity index (χ4v) is 3.50. The van der Waals surface area contributed by atoms with Crippen molar-refractivity contribution in [2.75, 3.05) is 13.1 Å². The molecule has 1 aromatic rings. The average Bonchev–Trinajstić information content (AvgIpc) is 2.41. The van der Waals surface area contributed by atoms with Crippen LogP contribution in [0.25, 0.3) is 0 Å². The Bertz CT molecular complexity index is 402. The molecule has 18 heavy (non-hydrogen) atoms. The van der Waals surface area contributed by atoms with Crippen molar-refractivity contribution in [3.63, 3.8) is 0 Å². The number of hydrogen-bond donors (Lipinski definition) is 1. The molecule has 1 aliphatic carbocycles. The van der Waals surface area contributed by atoms with Gasteiger partial charge >= 0.3 is 0 Å². The van der Waals surface area contributed by atoms with E-state index in [-0.39, 0.29) is 0 Å². The second-order valence-electron chi connectivity index (χ2n) is 5.96. The summed E-state index contributed by atoms with van der Waals surface area (Å²) >= 11 is 0. The number of fused-ring (bicyclic) bond motifs is 1. The maximum atomic E-state index is 6.26. The molecular weight excluding hydrogens is 220 g/mol. The van der Waals surface area contributed by atoms with Crippen molar-refractivity contribution in [1.29, 1.82) is 0 Å². The van der Waals surface area contributed by atoms with Gasteiger partial charge in [-0.15, -0.1) is 0 Å². The van der Waals surface area contributed by atoms with Gasteiger partial charge in [-0.05, 0) is 36.3 Å². The monoisotopic (exact) mass is 244 g/mol. The Balaban J connectivity index is 1.62. The van der Waals surface area contributed by atoms with Crippen LogP contribution in [0.5, 0.6) is 0 Å². The predicted octanol–water partition coefficient (Wildman–Crippen LogP) is 2.56. The van der Waals surface area contributed by atoms with E-state index in [9.17, 15) is 0 Å². The van der Waals surface area contributed by atoms with Crippen molar-refractivity contribution in [2.24, 2.45) is 11.7 Å². The standard InChI is InChI=1S/C16H24N2/c17-16-8-4-3-7-15(16)12-18-10-9-13-5-1-2-6-14(13)11-18/h1-2,5-6,15-16H,3-4,7-12,17H2. The van der Waals surface area contributed by atoms with Gasteiger partial charge in [0.25, 0.3) is 0 Å². The number of benzene rings is 1. The Morgan fingerprint density at radius 1 is 1.11 bits per heavy atom. The fraction of sp³-hybridized carbons (Fsp3) is 0.625. The molecule has 2 nitrogen and oxygen atoms in total. The zero-order valence-corrected chi connectivity index (χ0v) is 11.1. The smallest absolute Gasteiger partial charge is 0.0236 e. The van der Waals surface area contributed by atoms with E-state index in [4.69, 9.17) is 5.73 Å². The largest absolute Gasteiger partial charge is 0.327 e. The first kappa shape index (κ1) is 12.2. The van der Waals surface area contributed by atoms with Gasteiger partial charge in [-0.1, -0.05) is 37.1 Å². The van der Waals surface area contributed by atoms with Crippen LogP contribution in [0.15, 0.2) is 24.3 Å². The summed E-state index contributed by atoms with van der Waals surface area (Å²) in [5, 5.41) is 0. The van der Waals surface area contributed by atoms with Gasteiger partial charge in [-0.25, -0.2) is 0 Å². The SMILES string of the molecule is NC1CCCCC1CN1CCc2ccccc2C1. The molecule has 2 N–H and O–H groups in total. The summed E-state index contributed by atoms with van der Waals surface area (Å²) in [5.74, 6) is 0.726. The van der Waals surface area contributed by atoms with Crippen molar-refractivity contribution < 1.29 is 0 Å². The van der Waals surface area contributed by atoms with Crippen LogP contribution >= 0.6 is 0 Å². The van der Waals surface area contributed by atoms with E-state index in [1.54, 1.807) is 5.56 Å². The summed E-state index contributed by atoms with van der Waals surface area (Å²) in [7, 11) is 0. The van der Waals surface area contributed by atoms with Crippen LogP contribution in [0.3, 0.4) is 0 Å². The molecule has 0 aromatic heterocycles. The zero-order chi connectivity index (χ0) is 12.4. The molecule has 3 rings (SSSR count). The van der Waals surface area contributed by atoms with Crippen LogP contribution in [-0.2, 0) is 13.0 Å². The summed E-state index contributed by atoms with van der Waals surface area (Å²) in [4.78, 5) is 2.61. The van der Waals surface area contributed by atoms with Gasteiger partial charge in [0.05, 0.1) is 0 Å². The summed E-state index contributed by atoms with van der Waals surface area (Å²) in [5.41, 5.74) is 9.33. The third-order valence-electron chi connectivity index (χ3n) is 4.67. The van der Waals surface area contributed by atoms with Gasteiger partial charge in [0, 0.05) is 25.7 Å². The van der Waals surface area contributed by atoms with Crippen molar-refractivity contribution >= 4 is 0 Å². The summed E-state index contributed by atoms with van der Waals surface area (Å²) in [6, 6.07) is 9.32. The minimum absolute atomic E-state index is 0.441. The van der Waals surface area contributed by atoms with Gasteiger partial charge < -0.3 is 5.73 Å². The predicted molar refractivity (Wildman–Crippen MR) is 75.4 cm³/mol. The number of hydrogen-bond acceptors (Lipinski definition) is 2. The third kappa shape index (κ3) is 2.60. The van der Waals surface area contributed by atoms with Crippen molar-refractivity contribution in [2.45, 2.75) is 44.7 Å². The first-order valence-corrected chi connectivity index (χ1v) is 7.37. The van der Waals surface area contributed by atoms with E-state index >= 15 is 0 Å². The van der Waals surface area contributed by atoms with E-state index in [0.717, 1.165) is 12.5 Å². The second-order valence-corrected chi connectivity index (χ2v) is 5.96. The van der Waals surface area contributed by atoms with Crippen molar-refractivity contribution in [3.8, 4) is 0 Å². The number of nitrogens with two attached hydrogens (primary N) is 1. The average molecular weight is 244 g/mol. The highest BCUT2D eigenvalue weighted by Crippen LogP contribution is 2.26. The molecule has 1 aromatic carbocycles. The highest BCUT2D eigenvalue weighted by Gasteiger charge is 2.25. The molecule has 2 atom stereocenters. The van der Waals surface area contributed by atoms with Gasteiger partial charge in [0.1, 0.15) is 0 Å². The molecule has 2 unspecified atom stereocenters. The molecule has 0 spiro atoms. The molecule has 0 radical (unpaired) electrons. The van der Waals surface area contributed by atoms with Gasteiger partial charge in [0.2, 0.25) is 0 Å². The van der Waals surface area contributed by atoms with Crippen LogP contribution in [-0.4, -0.2) is 24.0 Å². The second kappa shape index (κ2) is 5.41. The van der Waals surface area contributed by atoms with E-state index in [0.29, 0.717) is 6.04 Å². The lowest BCUT2D eigenvalue weighted by molar-refractivity contribution is 0.172. The zero-order valence-electron chi connectivity index (χ0n) is 11.1. The van der Waals surface area contributed by atoms with E-state index < -0.39 is 0 Å². The van der Waals surface area contributed by atoms with E-state index in [1.807, 2.05) is 0 Å². The molecule has 1 saturated carbocycles. The normalized spacial score (nSPS) is 28.9. The Morgan fingerprint density at radius 2 is 1.89 bits per heavy atom. The number of nitrogens with zero attached hydrogens (tertiary/aromatic N) is 1. The minimum atomic E-state index is 0.441. The molecule has 0 bridgehead atoms. The molecule has 0 saturated heterocycles. The maximum Gasteiger partial charge on any atom is 0.0236 e. The molecule has 1 aliphatic heterocycles. The Labute approximate surface area is 110 Å². The fourth-order valence-electron chi connectivity index (χ4n) is 3.50. The first-order chi connectivity index (χ1) is 8.83. The number of rotatable bonds is 2. The first-order valence-electron chi connectivity index (χ1n) is 7.37. The van der Waals surface area contributed by atoms with Gasteiger partial charge in [-0.2, -0.15) is 0 Å². The lowest BCUT2D eigenvalue weighted by Gasteiger charge is -2.36. The molecule has 2 aliphatic rings. The molecule has 98 valence electrons. The van der Waals surface area contributed by atoms with Crippen LogP contribution in [0, 0.1) is 5.92 Å². The highest BCUT2D eigenvalue weighted by atomic mass is 15.1. The van der Waals surface area contributed by atoms with Crippen LogP contribution < -0.4 is 5.73 Å². The summed E-state index contributed by atoms with van der Waals surface area (Å²) < 4.78 is 0. The van der Waals surface area contributed by atoms with Crippen LogP contribution in [0.4, 0.5) is 0 Å². The van der Waals surface area contributed by atoms with Crippen LogP contribution in [0.1, 0.15) is 36.8 Å². The lowest BCUT2D eigenvalue weighted by atomic mass is 9.84. The van der Waals surface area contributed by atoms with Crippen LogP contribution in [0.2, 0.25) is 0 Å². The summed E-state index contributed by atoms with van der Waals surface area (Å²) in [6.45, 7) is 3.54. The molecule has 1 heterocycles. The molecular formula is C16H24N2. The topological polar surface area (TPSA) is 29.3 Å². The van der Waals surface area contributed by atoms with Gasteiger partial charge in [0.15, 0.2) is 0 Å². The van der Waals surface area contributed by atoms with Crippen molar-refractivity contribution in [3.05, 3.63) is 35.4 Å². The summed E-state index contributed by atoms with van der Waals surface area (Å²) in [6.07, 6.45) is 6.48. The van der Waals surface area contributed by atoms with E-state index in [2.05, 4.69) is 29.2 Å². The van der Waals surface area contributed by atoms with Crippen molar-refractivity contribution in [1.82, 2.24) is 4.90 Å². The Hall–Kier alpha value is -0.860. The Morgan fingerprint density at radius 3 is 2.72 bits per heavy atom. The Kier molecular flexibility index (Phi) is 3.67. The lowest BCUT2D eigenvalue weighted by Crippen LogP contribution is -2.42. The molecule has 0 amide bonds. The highest BCUT2D eigenvalue weighted by molar-refractivity contribution is 5.29. The molecule has 2 heteroatoms. The third-order valence-corrected chi connectivity index (χ3v) is 4.67. The quantitative estimate of drug-likeness (QED) is 0.866. The minimum Gasteiger partial charge on any atom is -0.327 e. The van der Waals surface area contributed by atoms with Gasteiger partial charge in [-0.3, -0.25) is 4.90 Å². The molecule has 1 fully saturated rings. The van der Waals surface area contributed by atoms with E-state index in [1.165, 1.54) is 50.8 Å². The maximum absolute atomic E-state index is 6.26.